The van der Waals surface area contributed by atoms with Crippen LogP contribution >= 0.6 is 0 Å². The Kier molecular flexibility index (Phi) is 3.66. The van der Waals surface area contributed by atoms with Crippen molar-refractivity contribution in [1.29, 1.82) is 0 Å². The molecule has 1 heterocycles. The summed E-state index contributed by atoms with van der Waals surface area (Å²) in [6.45, 7) is 0.833. The zero-order valence-corrected chi connectivity index (χ0v) is 7.17. The van der Waals surface area contributed by atoms with E-state index in [0.717, 1.165) is 6.67 Å². The van der Waals surface area contributed by atoms with E-state index >= 15 is 0 Å². The van der Waals surface area contributed by atoms with Gasteiger partial charge >= 0.3 is 0 Å². The van der Waals surface area contributed by atoms with Crippen LogP contribution in [0.3, 0.4) is 0 Å². The standard InChI is InChI=1S/C4H7N2.Y/c1-6-3-2-5-4-6;/h2-3H,4H2,1H3;/q-1;. The third-order valence-electron chi connectivity index (χ3n) is 0.731. The zero-order chi connectivity index (χ0) is 4.41. The average molecular weight is 172 g/mol. The smallest absolute Gasteiger partial charge is 0.00406 e. The summed E-state index contributed by atoms with van der Waals surface area (Å²) < 4.78 is 0. The van der Waals surface area contributed by atoms with E-state index in [1.54, 1.807) is 6.20 Å². The van der Waals surface area contributed by atoms with Crippen LogP contribution in [-0.4, -0.2) is 18.6 Å². The molecule has 1 aliphatic heterocycles. The summed E-state index contributed by atoms with van der Waals surface area (Å²) >= 11 is 0. The maximum Gasteiger partial charge on any atom is 0.00406 e. The van der Waals surface area contributed by atoms with Gasteiger partial charge < -0.3 is 10.2 Å². The Morgan fingerprint density at radius 1 is 1.71 bits per heavy atom. The summed E-state index contributed by atoms with van der Waals surface area (Å²) in [5.41, 5.74) is 0. The summed E-state index contributed by atoms with van der Waals surface area (Å²) in [5, 5.41) is 3.91. The fourth-order valence-electron chi connectivity index (χ4n) is 0.384. The van der Waals surface area contributed by atoms with Crippen molar-refractivity contribution >= 4 is 0 Å². The Balaban J connectivity index is 0.000000360. The van der Waals surface area contributed by atoms with E-state index in [-0.39, 0.29) is 32.7 Å². The first-order chi connectivity index (χ1) is 2.89. The monoisotopic (exact) mass is 172 g/mol. The van der Waals surface area contributed by atoms with Gasteiger partial charge in [0.2, 0.25) is 0 Å². The van der Waals surface area contributed by atoms with Gasteiger partial charge in [-0.3, -0.25) is 0 Å². The molecule has 0 aliphatic carbocycles. The molecule has 3 heteroatoms. The molecule has 0 atom stereocenters. The molecule has 1 rings (SSSR count). The van der Waals surface area contributed by atoms with Gasteiger partial charge in [0.15, 0.2) is 0 Å². The van der Waals surface area contributed by atoms with Gasteiger partial charge in [0.1, 0.15) is 0 Å². The van der Waals surface area contributed by atoms with Gasteiger partial charge in [0.25, 0.3) is 0 Å². The predicted octanol–water partition coefficient (Wildman–Crippen LogP) is 0.732. The van der Waals surface area contributed by atoms with E-state index in [4.69, 9.17) is 0 Å². The average Bonchev–Trinajstić information content (AvgIpc) is 1.86. The van der Waals surface area contributed by atoms with Gasteiger partial charge in [0, 0.05) is 39.8 Å². The van der Waals surface area contributed by atoms with Crippen molar-refractivity contribution in [3.63, 3.8) is 0 Å². The molecule has 0 spiro atoms. The summed E-state index contributed by atoms with van der Waals surface area (Å²) in [6, 6.07) is 0. The molecular formula is C4H7N2Y-. The number of hydrogen-bond donors (Lipinski definition) is 0. The summed E-state index contributed by atoms with van der Waals surface area (Å²) in [4.78, 5) is 2.01. The molecule has 0 aromatic rings. The number of rotatable bonds is 0. The quantitative estimate of drug-likeness (QED) is 0.526. The Bertz CT molecular complexity index is 72.1. The topological polar surface area (TPSA) is 17.3 Å². The van der Waals surface area contributed by atoms with E-state index < -0.39 is 0 Å². The van der Waals surface area contributed by atoms with Crippen LogP contribution in [0.15, 0.2) is 12.4 Å². The van der Waals surface area contributed by atoms with Crippen LogP contribution in [0.4, 0.5) is 0 Å². The molecule has 1 radical (unpaired) electrons. The predicted molar refractivity (Wildman–Crippen MR) is 25.1 cm³/mol. The van der Waals surface area contributed by atoms with Crippen LogP contribution in [0, 0.1) is 0 Å². The molecule has 0 unspecified atom stereocenters. The van der Waals surface area contributed by atoms with Crippen LogP contribution in [-0.2, 0) is 32.7 Å². The first-order valence-corrected chi connectivity index (χ1v) is 1.93. The fraction of sp³-hybridized carbons (Fsp3) is 0.500. The van der Waals surface area contributed by atoms with Gasteiger partial charge in [-0.2, -0.15) is 6.20 Å². The molecule has 0 aromatic heterocycles. The third-order valence-corrected chi connectivity index (χ3v) is 0.731. The van der Waals surface area contributed by atoms with Crippen molar-refractivity contribution in [2.75, 3.05) is 13.7 Å². The van der Waals surface area contributed by atoms with Crippen molar-refractivity contribution in [2.24, 2.45) is 0 Å². The summed E-state index contributed by atoms with van der Waals surface area (Å²) in [6.07, 6.45) is 3.75. The third kappa shape index (κ3) is 2.30. The Hall–Kier alpha value is 0.444. The normalized spacial score (nSPS) is 15.9. The van der Waals surface area contributed by atoms with E-state index in [0.29, 0.717) is 0 Å². The molecule has 0 saturated heterocycles. The zero-order valence-electron chi connectivity index (χ0n) is 4.33. The van der Waals surface area contributed by atoms with Gasteiger partial charge in [-0.15, -0.1) is 0 Å². The van der Waals surface area contributed by atoms with Crippen molar-refractivity contribution in [3.8, 4) is 0 Å². The fourth-order valence-corrected chi connectivity index (χ4v) is 0.384. The van der Waals surface area contributed by atoms with Crippen LogP contribution in [0.1, 0.15) is 0 Å². The van der Waals surface area contributed by atoms with Crippen LogP contribution in [0.2, 0.25) is 0 Å². The second-order valence-electron chi connectivity index (χ2n) is 1.38. The maximum atomic E-state index is 3.91. The van der Waals surface area contributed by atoms with Gasteiger partial charge in [-0.05, 0) is 6.20 Å². The molecule has 2 nitrogen and oxygen atoms in total. The second kappa shape index (κ2) is 3.45. The Morgan fingerprint density at radius 2 is 2.43 bits per heavy atom. The Labute approximate surface area is 68.8 Å². The molecule has 0 bridgehead atoms. The number of nitrogens with zero attached hydrogens (tertiary/aromatic N) is 2. The molecule has 0 amide bonds. The molecule has 0 aromatic carbocycles. The Morgan fingerprint density at radius 3 is 2.57 bits per heavy atom. The first kappa shape index (κ1) is 7.44. The van der Waals surface area contributed by atoms with E-state index in [9.17, 15) is 0 Å². The van der Waals surface area contributed by atoms with Crippen LogP contribution < -0.4 is 0 Å². The number of hydrogen-bond acceptors (Lipinski definition) is 1. The summed E-state index contributed by atoms with van der Waals surface area (Å²) in [5.74, 6) is 0. The van der Waals surface area contributed by atoms with E-state index in [1.807, 2.05) is 18.1 Å². The van der Waals surface area contributed by atoms with Gasteiger partial charge in [-0.1, -0.05) is 6.67 Å². The minimum absolute atomic E-state index is 0. The molecule has 0 fully saturated rings. The van der Waals surface area contributed by atoms with Crippen molar-refractivity contribution in [1.82, 2.24) is 4.90 Å². The molecular weight excluding hydrogens is 165 g/mol. The summed E-state index contributed by atoms with van der Waals surface area (Å²) in [7, 11) is 1.99. The van der Waals surface area contributed by atoms with Crippen molar-refractivity contribution in [3.05, 3.63) is 17.7 Å². The maximum absolute atomic E-state index is 3.91. The molecule has 37 valence electrons. The molecule has 7 heavy (non-hydrogen) atoms. The van der Waals surface area contributed by atoms with Crippen molar-refractivity contribution < 1.29 is 32.7 Å². The molecule has 0 saturated carbocycles. The first-order valence-electron chi connectivity index (χ1n) is 1.93. The SMILES string of the molecule is CN1C=C[N-]C1.[Y]. The van der Waals surface area contributed by atoms with Crippen LogP contribution in [0.5, 0.6) is 0 Å². The largest absolute Gasteiger partial charge is 0.673 e. The molecule has 1 aliphatic rings. The minimum Gasteiger partial charge on any atom is -0.673 e. The van der Waals surface area contributed by atoms with E-state index in [2.05, 4.69) is 5.32 Å². The second-order valence-corrected chi connectivity index (χ2v) is 1.38. The van der Waals surface area contributed by atoms with E-state index in [1.165, 1.54) is 0 Å². The molecule has 0 N–H and O–H groups in total. The van der Waals surface area contributed by atoms with Gasteiger partial charge in [0.05, 0.1) is 0 Å². The minimum atomic E-state index is 0. The van der Waals surface area contributed by atoms with Crippen molar-refractivity contribution in [2.45, 2.75) is 0 Å². The van der Waals surface area contributed by atoms with Gasteiger partial charge in [-0.25, -0.2) is 0 Å². The van der Waals surface area contributed by atoms with Crippen LogP contribution in [0.25, 0.3) is 5.32 Å².